The van der Waals surface area contributed by atoms with Crippen LogP contribution >= 0.6 is 11.6 Å². The average Bonchev–Trinajstić information content (AvgIpc) is 2.84. The van der Waals surface area contributed by atoms with Gasteiger partial charge in [0.15, 0.2) is 0 Å². The van der Waals surface area contributed by atoms with Crippen LogP contribution in [0.25, 0.3) is 0 Å². The van der Waals surface area contributed by atoms with Crippen LogP contribution in [0.5, 0.6) is 0 Å². The first-order valence-corrected chi connectivity index (χ1v) is 6.60. The summed E-state index contributed by atoms with van der Waals surface area (Å²) in [7, 11) is 1.46. The molecule has 0 spiro atoms. The molecule has 5 heteroatoms. The molecule has 0 radical (unpaired) electrons. The molecule has 0 aromatic heterocycles. The van der Waals surface area contributed by atoms with Crippen molar-refractivity contribution < 1.29 is 19.0 Å². The van der Waals surface area contributed by atoms with E-state index in [1.165, 1.54) is 13.2 Å². The average molecular weight is 287 g/mol. The quantitative estimate of drug-likeness (QED) is 0.921. The standard InChI is InChI=1S/C14H16ClFO3/c1-19-8-10-11(15)6-9(7-12(10)16)14(13(17)18)4-2-3-5-14/h6-7H,2-5,8H2,1H3,(H,17,18). The van der Waals surface area contributed by atoms with E-state index in [1.54, 1.807) is 6.07 Å². The van der Waals surface area contributed by atoms with Crippen molar-refractivity contribution in [3.8, 4) is 0 Å². The van der Waals surface area contributed by atoms with E-state index in [0.717, 1.165) is 12.8 Å². The summed E-state index contributed by atoms with van der Waals surface area (Å²) in [6.45, 7) is 0.0744. The summed E-state index contributed by atoms with van der Waals surface area (Å²) in [5.41, 5.74) is -0.262. The Morgan fingerprint density at radius 3 is 2.58 bits per heavy atom. The van der Waals surface area contributed by atoms with Crippen molar-refractivity contribution >= 4 is 17.6 Å². The minimum absolute atomic E-state index is 0.0744. The van der Waals surface area contributed by atoms with Crippen LogP contribution in [0.15, 0.2) is 12.1 Å². The topological polar surface area (TPSA) is 46.5 Å². The molecule has 1 aliphatic rings. The molecule has 2 rings (SSSR count). The molecule has 1 saturated carbocycles. The summed E-state index contributed by atoms with van der Waals surface area (Å²) in [4.78, 5) is 11.6. The second-order valence-corrected chi connectivity index (χ2v) is 5.35. The summed E-state index contributed by atoms with van der Waals surface area (Å²) in [6, 6.07) is 2.86. The number of benzene rings is 1. The highest BCUT2D eigenvalue weighted by Gasteiger charge is 2.43. The van der Waals surface area contributed by atoms with Crippen molar-refractivity contribution in [3.63, 3.8) is 0 Å². The Labute approximate surface area is 116 Å². The highest BCUT2D eigenvalue weighted by atomic mass is 35.5. The van der Waals surface area contributed by atoms with Crippen molar-refractivity contribution in [2.75, 3.05) is 7.11 Å². The molecule has 0 aliphatic heterocycles. The molecule has 1 N–H and O–H groups in total. The minimum Gasteiger partial charge on any atom is -0.481 e. The normalized spacial score (nSPS) is 17.6. The molecule has 1 fully saturated rings. The minimum atomic E-state index is -0.990. The predicted octanol–water partition coefficient (Wildman–Crippen LogP) is 3.52. The lowest BCUT2D eigenvalue weighted by Crippen LogP contribution is -2.32. The molecule has 104 valence electrons. The number of rotatable bonds is 4. The third-order valence-electron chi connectivity index (χ3n) is 3.85. The van der Waals surface area contributed by atoms with Crippen LogP contribution in [0.4, 0.5) is 4.39 Å². The third kappa shape index (κ3) is 2.47. The van der Waals surface area contributed by atoms with Gasteiger partial charge in [-0.25, -0.2) is 4.39 Å². The van der Waals surface area contributed by atoms with Crippen molar-refractivity contribution in [3.05, 3.63) is 34.1 Å². The highest BCUT2D eigenvalue weighted by molar-refractivity contribution is 6.31. The summed E-state index contributed by atoms with van der Waals surface area (Å²) >= 11 is 6.05. The molecular formula is C14H16ClFO3. The van der Waals surface area contributed by atoms with E-state index in [2.05, 4.69) is 0 Å². The maximum atomic E-state index is 14.0. The highest BCUT2D eigenvalue weighted by Crippen LogP contribution is 2.43. The zero-order valence-electron chi connectivity index (χ0n) is 10.7. The van der Waals surface area contributed by atoms with E-state index in [9.17, 15) is 14.3 Å². The van der Waals surface area contributed by atoms with Crippen molar-refractivity contribution in [1.82, 2.24) is 0 Å². The molecule has 0 saturated heterocycles. The van der Waals surface area contributed by atoms with Gasteiger partial charge in [-0.15, -0.1) is 0 Å². The first-order valence-electron chi connectivity index (χ1n) is 6.22. The number of ether oxygens (including phenoxy) is 1. The SMILES string of the molecule is COCc1c(F)cc(C2(C(=O)O)CCCC2)cc1Cl. The molecule has 3 nitrogen and oxygen atoms in total. The van der Waals surface area contributed by atoms with Gasteiger partial charge in [-0.05, 0) is 30.5 Å². The van der Waals surface area contributed by atoms with E-state index in [-0.39, 0.29) is 17.2 Å². The maximum Gasteiger partial charge on any atom is 0.314 e. The molecule has 1 aliphatic carbocycles. The molecule has 0 atom stereocenters. The van der Waals surface area contributed by atoms with Crippen LogP contribution in [0.2, 0.25) is 5.02 Å². The van der Waals surface area contributed by atoms with E-state index < -0.39 is 17.2 Å². The number of hydrogen-bond donors (Lipinski definition) is 1. The van der Waals surface area contributed by atoms with Crippen LogP contribution in [-0.4, -0.2) is 18.2 Å². The van der Waals surface area contributed by atoms with E-state index in [4.69, 9.17) is 16.3 Å². The fourth-order valence-electron chi connectivity index (χ4n) is 2.77. The molecule has 0 bridgehead atoms. The van der Waals surface area contributed by atoms with Gasteiger partial charge in [0.05, 0.1) is 12.0 Å². The van der Waals surface area contributed by atoms with Gasteiger partial charge >= 0.3 is 5.97 Å². The second kappa shape index (κ2) is 5.47. The third-order valence-corrected chi connectivity index (χ3v) is 4.19. The first-order chi connectivity index (χ1) is 9.01. The van der Waals surface area contributed by atoms with Gasteiger partial charge in [0.25, 0.3) is 0 Å². The number of carboxylic acids is 1. The Balaban J connectivity index is 2.48. The number of carboxylic acid groups (broad SMARTS) is 1. The van der Waals surface area contributed by atoms with E-state index >= 15 is 0 Å². The fraction of sp³-hybridized carbons (Fsp3) is 0.500. The number of carbonyl (C=O) groups is 1. The molecule has 1 aromatic rings. The largest absolute Gasteiger partial charge is 0.481 e. The monoisotopic (exact) mass is 286 g/mol. The van der Waals surface area contributed by atoms with Gasteiger partial charge < -0.3 is 9.84 Å². The Bertz CT molecular complexity index is 472. The Kier molecular flexibility index (Phi) is 4.11. The summed E-state index contributed by atoms with van der Waals surface area (Å²) < 4.78 is 18.9. The maximum absolute atomic E-state index is 14.0. The lowest BCUT2D eigenvalue weighted by atomic mass is 9.78. The smallest absolute Gasteiger partial charge is 0.314 e. The molecule has 1 aromatic carbocycles. The molecule has 0 unspecified atom stereocenters. The van der Waals surface area contributed by atoms with Crippen LogP contribution in [0, 0.1) is 5.82 Å². The molecule has 0 heterocycles. The zero-order valence-corrected chi connectivity index (χ0v) is 11.5. The molecule has 19 heavy (non-hydrogen) atoms. The zero-order chi connectivity index (χ0) is 14.0. The van der Waals surface area contributed by atoms with Crippen LogP contribution in [-0.2, 0) is 21.6 Å². The van der Waals surface area contributed by atoms with Gasteiger partial charge in [0.2, 0.25) is 0 Å². The fourth-order valence-corrected chi connectivity index (χ4v) is 3.03. The summed E-state index contributed by atoms with van der Waals surface area (Å²) in [5.74, 6) is -1.41. The number of hydrogen-bond acceptors (Lipinski definition) is 2. The van der Waals surface area contributed by atoms with Gasteiger partial charge in [-0.1, -0.05) is 24.4 Å². The lowest BCUT2D eigenvalue weighted by molar-refractivity contribution is -0.143. The predicted molar refractivity (Wildman–Crippen MR) is 69.9 cm³/mol. The van der Waals surface area contributed by atoms with E-state index in [0.29, 0.717) is 18.4 Å². The van der Waals surface area contributed by atoms with Gasteiger partial charge in [0, 0.05) is 17.7 Å². The lowest BCUT2D eigenvalue weighted by Gasteiger charge is -2.25. The van der Waals surface area contributed by atoms with Gasteiger partial charge in [0.1, 0.15) is 5.82 Å². The Hall–Kier alpha value is -1.13. The van der Waals surface area contributed by atoms with Crippen molar-refractivity contribution in [1.29, 1.82) is 0 Å². The molecule has 0 amide bonds. The first kappa shape index (κ1) is 14.3. The van der Waals surface area contributed by atoms with Crippen molar-refractivity contribution in [2.24, 2.45) is 0 Å². The second-order valence-electron chi connectivity index (χ2n) is 4.95. The van der Waals surface area contributed by atoms with Crippen molar-refractivity contribution in [2.45, 2.75) is 37.7 Å². The van der Waals surface area contributed by atoms with Crippen LogP contribution in [0.3, 0.4) is 0 Å². The van der Waals surface area contributed by atoms with Crippen LogP contribution < -0.4 is 0 Å². The number of methoxy groups -OCH3 is 1. The Morgan fingerprint density at radius 2 is 2.11 bits per heavy atom. The van der Waals surface area contributed by atoms with Gasteiger partial charge in [-0.2, -0.15) is 0 Å². The number of aliphatic carboxylic acids is 1. The van der Waals surface area contributed by atoms with Gasteiger partial charge in [-0.3, -0.25) is 4.79 Å². The molecular weight excluding hydrogens is 271 g/mol. The van der Waals surface area contributed by atoms with Crippen LogP contribution in [0.1, 0.15) is 36.8 Å². The number of halogens is 2. The Morgan fingerprint density at radius 1 is 1.47 bits per heavy atom. The van der Waals surface area contributed by atoms with E-state index in [1.807, 2.05) is 0 Å². The summed E-state index contributed by atoms with van der Waals surface area (Å²) in [6.07, 6.45) is 2.74. The summed E-state index contributed by atoms with van der Waals surface area (Å²) in [5, 5.41) is 9.71.